The van der Waals surface area contributed by atoms with E-state index in [1.807, 2.05) is 17.0 Å². The van der Waals surface area contributed by atoms with Gasteiger partial charge in [-0.05, 0) is 38.3 Å². The summed E-state index contributed by atoms with van der Waals surface area (Å²) in [6, 6.07) is 3.92. The van der Waals surface area contributed by atoms with Crippen LogP contribution in [0, 0.1) is 5.92 Å². The minimum atomic E-state index is -0.0364. The van der Waals surface area contributed by atoms with Crippen LogP contribution < -0.4 is 5.32 Å². The predicted octanol–water partition coefficient (Wildman–Crippen LogP) is 2.32. The first-order valence-corrected chi connectivity index (χ1v) is 7.35. The molecule has 1 N–H and O–H groups in total. The van der Waals surface area contributed by atoms with Crippen molar-refractivity contribution in [3.63, 3.8) is 0 Å². The second kappa shape index (κ2) is 5.92. The quantitative estimate of drug-likeness (QED) is 0.921. The number of hydrogen-bond donors (Lipinski definition) is 1. The predicted molar refractivity (Wildman–Crippen MR) is 80.6 cm³/mol. The molecule has 0 radical (unpaired) electrons. The van der Waals surface area contributed by atoms with Gasteiger partial charge in [0.1, 0.15) is 0 Å². The third-order valence-corrected chi connectivity index (χ3v) is 3.74. The molecular weight excluding hydrogens is 250 g/mol. The van der Waals surface area contributed by atoms with Crippen LogP contribution in [-0.2, 0) is 0 Å². The second-order valence-electron chi connectivity index (χ2n) is 6.72. The number of hydrogen-bond acceptors (Lipinski definition) is 3. The average molecular weight is 275 g/mol. The summed E-state index contributed by atoms with van der Waals surface area (Å²) in [6.45, 7) is 10.3. The van der Waals surface area contributed by atoms with Crippen LogP contribution in [0.4, 0.5) is 0 Å². The molecule has 4 nitrogen and oxygen atoms in total. The maximum atomic E-state index is 12.7. The summed E-state index contributed by atoms with van der Waals surface area (Å²) < 4.78 is 0. The smallest absolute Gasteiger partial charge is 0.255 e. The summed E-state index contributed by atoms with van der Waals surface area (Å²) in [6.07, 6.45) is 4.38. The van der Waals surface area contributed by atoms with Gasteiger partial charge in [0.25, 0.3) is 5.91 Å². The van der Waals surface area contributed by atoms with Gasteiger partial charge in [-0.2, -0.15) is 0 Å². The third kappa shape index (κ3) is 3.57. The van der Waals surface area contributed by atoms with Gasteiger partial charge >= 0.3 is 0 Å². The molecule has 0 saturated carbocycles. The Balaban J connectivity index is 2.20. The van der Waals surface area contributed by atoms with Crippen LogP contribution in [0.15, 0.2) is 24.5 Å². The molecule has 1 aromatic heterocycles. The van der Waals surface area contributed by atoms with Crippen molar-refractivity contribution in [3.8, 4) is 0 Å². The van der Waals surface area contributed by atoms with Gasteiger partial charge in [0.15, 0.2) is 0 Å². The summed E-state index contributed by atoms with van der Waals surface area (Å²) >= 11 is 0. The minimum Gasteiger partial charge on any atom is -0.332 e. The number of nitrogens with one attached hydrogen (secondary N) is 1. The molecule has 0 spiro atoms. The van der Waals surface area contributed by atoms with Gasteiger partial charge in [-0.15, -0.1) is 0 Å². The van der Waals surface area contributed by atoms with Crippen LogP contribution in [0.5, 0.6) is 0 Å². The van der Waals surface area contributed by atoms with Crippen LogP contribution in [0.3, 0.4) is 0 Å². The Morgan fingerprint density at radius 2 is 2.30 bits per heavy atom. The van der Waals surface area contributed by atoms with E-state index in [1.54, 1.807) is 12.4 Å². The van der Waals surface area contributed by atoms with Crippen molar-refractivity contribution in [1.82, 2.24) is 15.2 Å². The lowest BCUT2D eigenvalue weighted by Gasteiger charge is -2.45. The summed E-state index contributed by atoms with van der Waals surface area (Å²) in [5, 5.41) is 3.54. The molecule has 1 unspecified atom stereocenters. The maximum absolute atomic E-state index is 12.7. The standard InChI is InChI=1S/C16H25N3O/c1-12(2)8-14-10-18-16(3,4)11-19(14)15(20)13-6-5-7-17-9-13/h5-7,9,12,14,18H,8,10-11H2,1-4H3. The van der Waals surface area contributed by atoms with Gasteiger partial charge < -0.3 is 10.2 Å². The summed E-state index contributed by atoms with van der Waals surface area (Å²) in [4.78, 5) is 18.8. The number of amides is 1. The molecule has 0 aliphatic carbocycles. The van der Waals surface area contributed by atoms with Crippen LogP contribution in [-0.4, -0.2) is 40.5 Å². The van der Waals surface area contributed by atoms with Crippen molar-refractivity contribution in [1.29, 1.82) is 0 Å². The molecule has 20 heavy (non-hydrogen) atoms. The van der Waals surface area contributed by atoms with Gasteiger partial charge in [-0.3, -0.25) is 9.78 Å². The molecule has 2 heterocycles. The molecule has 0 bridgehead atoms. The van der Waals surface area contributed by atoms with Crippen LogP contribution in [0.1, 0.15) is 44.5 Å². The molecule has 110 valence electrons. The Morgan fingerprint density at radius 1 is 1.55 bits per heavy atom. The number of nitrogens with zero attached hydrogens (tertiary/aromatic N) is 2. The van der Waals surface area contributed by atoms with E-state index in [0.717, 1.165) is 19.5 Å². The minimum absolute atomic E-state index is 0.0364. The molecule has 1 aliphatic rings. The molecule has 1 amide bonds. The molecule has 1 aromatic rings. The average Bonchev–Trinajstić information content (AvgIpc) is 2.40. The third-order valence-electron chi connectivity index (χ3n) is 3.74. The highest BCUT2D eigenvalue weighted by Crippen LogP contribution is 2.22. The second-order valence-corrected chi connectivity index (χ2v) is 6.72. The van der Waals surface area contributed by atoms with Crippen molar-refractivity contribution in [2.45, 2.75) is 45.7 Å². The summed E-state index contributed by atoms with van der Waals surface area (Å²) in [7, 11) is 0. The highest BCUT2D eigenvalue weighted by atomic mass is 16.2. The Bertz CT molecular complexity index is 456. The van der Waals surface area contributed by atoms with Gasteiger partial charge in [0, 0.05) is 37.1 Å². The first kappa shape index (κ1) is 15.0. The highest BCUT2D eigenvalue weighted by Gasteiger charge is 2.35. The van der Waals surface area contributed by atoms with Crippen molar-refractivity contribution in [2.75, 3.05) is 13.1 Å². The fourth-order valence-electron chi connectivity index (χ4n) is 2.76. The lowest BCUT2D eigenvalue weighted by molar-refractivity contribution is 0.0467. The molecule has 1 saturated heterocycles. The van der Waals surface area contributed by atoms with Gasteiger partial charge in [-0.25, -0.2) is 0 Å². The van der Waals surface area contributed by atoms with E-state index in [0.29, 0.717) is 11.5 Å². The lowest BCUT2D eigenvalue weighted by atomic mass is 9.93. The fraction of sp³-hybridized carbons (Fsp3) is 0.625. The zero-order valence-electron chi connectivity index (χ0n) is 12.9. The topological polar surface area (TPSA) is 45.2 Å². The number of piperazine rings is 1. The van der Waals surface area contributed by atoms with Crippen molar-refractivity contribution >= 4 is 5.91 Å². The van der Waals surface area contributed by atoms with E-state index in [4.69, 9.17) is 0 Å². The zero-order valence-corrected chi connectivity index (χ0v) is 12.9. The molecule has 1 fully saturated rings. The number of carbonyl (C=O) groups is 1. The van der Waals surface area contributed by atoms with E-state index in [1.165, 1.54) is 0 Å². The van der Waals surface area contributed by atoms with Gasteiger partial charge in [0.05, 0.1) is 5.56 Å². The Labute approximate surface area is 121 Å². The number of aromatic nitrogens is 1. The van der Waals surface area contributed by atoms with Crippen LogP contribution >= 0.6 is 0 Å². The summed E-state index contributed by atoms with van der Waals surface area (Å²) in [5.41, 5.74) is 0.643. The number of carbonyl (C=O) groups excluding carboxylic acids is 1. The normalized spacial score (nSPS) is 22.1. The van der Waals surface area contributed by atoms with E-state index >= 15 is 0 Å². The number of pyridine rings is 1. The molecule has 1 atom stereocenters. The first-order valence-electron chi connectivity index (χ1n) is 7.35. The van der Waals surface area contributed by atoms with Gasteiger partial charge in [-0.1, -0.05) is 13.8 Å². The van der Waals surface area contributed by atoms with E-state index < -0.39 is 0 Å². The fourth-order valence-corrected chi connectivity index (χ4v) is 2.76. The van der Waals surface area contributed by atoms with Crippen LogP contribution in [0.2, 0.25) is 0 Å². The SMILES string of the molecule is CC(C)CC1CNC(C)(C)CN1C(=O)c1cccnc1. The van der Waals surface area contributed by atoms with Crippen LogP contribution in [0.25, 0.3) is 0 Å². The Kier molecular flexibility index (Phi) is 4.43. The van der Waals surface area contributed by atoms with Gasteiger partial charge in [0.2, 0.25) is 0 Å². The highest BCUT2D eigenvalue weighted by molar-refractivity contribution is 5.94. The monoisotopic (exact) mass is 275 g/mol. The lowest BCUT2D eigenvalue weighted by Crippen LogP contribution is -2.63. The molecule has 2 rings (SSSR count). The molecule has 1 aliphatic heterocycles. The van der Waals surface area contributed by atoms with E-state index in [2.05, 4.69) is 38.0 Å². The first-order chi connectivity index (χ1) is 9.39. The van der Waals surface area contributed by atoms with E-state index in [9.17, 15) is 4.79 Å². The van der Waals surface area contributed by atoms with Crippen molar-refractivity contribution < 1.29 is 4.79 Å². The zero-order chi connectivity index (χ0) is 14.8. The largest absolute Gasteiger partial charge is 0.332 e. The van der Waals surface area contributed by atoms with Crippen molar-refractivity contribution in [3.05, 3.63) is 30.1 Å². The molecular formula is C16H25N3O. The Hall–Kier alpha value is -1.42. The molecule has 4 heteroatoms. The maximum Gasteiger partial charge on any atom is 0.255 e. The van der Waals surface area contributed by atoms with E-state index in [-0.39, 0.29) is 17.5 Å². The molecule has 0 aromatic carbocycles. The Morgan fingerprint density at radius 3 is 2.90 bits per heavy atom. The number of rotatable bonds is 3. The van der Waals surface area contributed by atoms with Crippen molar-refractivity contribution in [2.24, 2.45) is 5.92 Å². The summed E-state index contributed by atoms with van der Waals surface area (Å²) in [5.74, 6) is 0.672.